The molecule has 1 atom stereocenters. The van der Waals surface area contributed by atoms with Crippen LogP contribution in [-0.2, 0) is 0 Å². The first kappa shape index (κ1) is 12.6. The molecule has 1 unspecified atom stereocenters. The van der Waals surface area contributed by atoms with Gasteiger partial charge in [-0.05, 0) is 18.2 Å². The molecule has 3 rings (SSSR count). The number of pyridine rings is 1. The fraction of sp³-hybridized carbons (Fsp3) is 0.0625. The molecule has 2 aromatic carbocycles. The van der Waals surface area contributed by atoms with E-state index in [9.17, 15) is 14.6 Å². The Hall–Kier alpha value is -2.46. The first-order valence-corrected chi connectivity index (χ1v) is 6.17. The van der Waals surface area contributed by atoms with Crippen molar-refractivity contribution in [1.29, 1.82) is 0 Å². The molecule has 4 heteroatoms. The minimum absolute atomic E-state index is 0.127. The summed E-state index contributed by atoms with van der Waals surface area (Å²) in [6, 6.07) is 13.3. The smallest absolute Gasteiger partial charge is 0.165 e. The Bertz CT molecular complexity index is 773. The van der Waals surface area contributed by atoms with Crippen molar-refractivity contribution >= 4 is 10.9 Å². The maximum atomic E-state index is 13.3. The van der Waals surface area contributed by atoms with E-state index in [2.05, 4.69) is 4.98 Å². The standard InChI is InChI=1S/C16H12FNO2/c17-13-6-3-5-12(16(13)20)15(19)11-8-10-4-1-2-7-14(10)18-9-11/h1-9,15,19-20H. The fourth-order valence-corrected chi connectivity index (χ4v) is 2.17. The number of aromatic nitrogens is 1. The Morgan fingerprint density at radius 2 is 1.85 bits per heavy atom. The third-order valence-corrected chi connectivity index (χ3v) is 3.24. The molecular formula is C16H12FNO2. The largest absolute Gasteiger partial charge is 0.505 e. The Kier molecular flexibility index (Phi) is 3.08. The number of phenols is 1. The number of benzene rings is 2. The fourth-order valence-electron chi connectivity index (χ4n) is 2.17. The topological polar surface area (TPSA) is 53.4 Å². The van der Waals surface area contributed by atoms with Gasteiger partial charge in [0.05, 0.1) is 5.52 Å². The van der Waals surface area contributed by atoms with Gasteiger partial charge >= 0.3 is 0 Å². The first-order chi connectivity index (χ1) is 9.66. The van der Waals surface area contributed by atoms with Crippen LogP contribution in [0.4, 0.5) is 4.39 Å². The van der Waals surface area contributed by atoms with Crippen LogP contribution in [0.3, 0.4) is 0 Å². The molecule has 0 spiro atoms. The second-order valence-corrected chi connectivity index (χ2v) is 4.54. The zero-order valence-corrected chi connectivity index (χ0v) is 10.5. The number of rotatable bonds is 2. The van der Waals surface area contributed by atoms with Crippen LogP contribution in [0.25, 0.3) is 10.9 Å². The van der Waals surface area contributed by atoms with E-state index in [-0.39, 0.29) is 5.56 Å². The average Bonchev–Trinajstić information content (AvgIpc) is 2.49. The van der Waals surface area contributed by atoms with Crippen LogP contribution in [0.15, 0.2) is 54.7 Å². The number of hydrogen-bond donors (Lipinski definition) is 2. The number of aromatic hydroxyl groups is 1. The lowest BCUT2D eigenvalue weighted by molar-refractivity contribution is 0.214. The Labute approximate surface area is 115 Å². The van der Waals surface area contributed by atoms with E-state index in [4.69, 9.17) is 0 Å². The number of para-hydroxylation sites is 2. The molecule has 1 aromatic heterocycles. The summed E-state index contributed by atoms with van der Waals surface area (Å²) in [7, 11) is 0. The van der Waals surface area contributed by atoms with Gasteiger partial charge in [0.2, 0.25) is 0 Å². The zero-order valence-electron chi connectivity index (χ0n) is 10.5. The highest BCUT2D eigenvalue weighted by Crippen LogP contribution is 2.31. The van der Waals surface area contributed by atoms with Crippen molar-refractivity contribution in [2.45, 2.75) is 6.10 Å². The van der Waals surface area contributed by atoms with Gasteiger partial charge in [0.25, 0.3) is 0 Å². The SMILES string of the molecule is Oc1c(F)cccc1C(O)c1cnc2ccccc2c1. The number of aliphatic hydroxyl groups is 1. The van der Waals surface area contributed by atoms with Crippen LogP contribution >= 0.6 is 0 Å². The van der Waals surface area contributed by atoms with Crippen molar-refractivity contribution in [1.82, 2.24) is 4.98 Å². The lowest BCUT2D eigenvalue weighted by Gasteiger charge is -2.13. The van der Waals surface area contributed by atoms with Gasteiger partial charge in [0.15, 0.2) is 11.6 Å². The van der Waals surface area contributed by atoms with Crippen molar-refractivity contribution in [2.24, 2.45) is 0 Å². The van der Waals surface area contributed by atoms with Gasteiger partial charge in [-0.1, -0.05) is 30.3 Å². The molecule has 3 aromatic rings. The van der Waals surface area contributed by atoms with Crippen LogP contribution in [-0.4, -0.2) is 15.2 Å². The monoisotopic (exact) mass is 269 g/mol. The highest BCUT2D eigenvalue weighted by molar-refractivity contribution is 5.78. The second kappa shape index (κ2) is 4.90. The normalized spacial score (nSPS) is 12.5. The van der Waals surface area contributed by atoms with Crippen molar-refractivity contribution < 1.29 is 14.6 Å². The highest BCUT2D eigenvalue weighted by Gasteiger charge is 2.17. The molecule has 100 valence electrons. The van der Waals surface area contributed by atoms with Crippen LogP contribution < -0.4 is 0 Å². The summed E-state index contributed by atoms with van der Waals surface area (Å²) in [5, 5.41) is 20.9. The van der Waals surface area contributed by atoms with Gasteiger partial charge < -0.3 is 10.2 Å². The number of hydrogen-bond acceptors (Lipinski definition) is 3. The van der Waals surface area contributed by atoms with Crippen molar-refractivity contribution in [2.75, 3.05) is 0 Å². The van der Waals surface area contributed by atoms with Crippen LogP contribution in [0.2, 0.25) is 0 Å². The molecule has 0 amide bonds. The zero-order chi connectivity index (χ0) is 14.1. The molecule has 0 saturated carbocycles. The highest BCUT2D eigenvalue weighted by atomic mass is 19.1. The molecule has 0 radical (unpaired) electrons. The predicted octanol–water partition coefficient (Wildman–Crippen LogP) is 3.16. The lowest BCUT2D eigenvalue weighted by Crippen LogP contribution is -2.01. The number of phenolic OH excluding ortho intramolecular Hbond substituents is 1. The summed E-state index contributed by atoms with van der Waals surface area (Å²) < 4.78 is 13.3. The predicted molar refractivity (Wildman–Crippen MR) is 73.9 cm³/mol. The summed E-state index contributed by atoms with van der Waals surface area (Å²) in [6.07, 6.45) is 0.403. The molecule has 1 heterocycles. The third-order valence-electron chi connectivity index (χ3n) is 3.24. The molecule has 0 fully saturated rings. The molecule has 0 bridgehead atoms. The van der Waals surface area contributed by atoms with Gasteiger partial charge in [0.1, 0.15) is 6.10 Å². The van der Waals surface area contributed by atoms with E-state index in [1.165, 1.54) is 18.3 Å². The number of halogens is 1. The Morgan fingerprint density at radius 3 is 2.70 bits per heavy atom. The van der Waals surface area contributed by atoms with Gasteiger partial charge in [-0.25, -0.2) is 4.39 Å². The Morgan fingerprint density at radius 1 is 1.05 bits per heavy atom. The van der Waals surface area contributed by atoms with Gasteiger partial charge in [-0.15, -0.1) is 0 Å². The summed E-state index contributed by atoms with van der Waals surface area (Å²) in [6.45, 7) is 0. The van der Waals surface area contributed by atoms with Gasteiger partial charge in [-0.2, -0.15) is 0 Å². The summed E-state index contributed by atoms with van der Waals surface area (Å²) in [5.41, 5.74) is 1.44. The molecule has 0 aliphatic rings. The molecule has 0 saturated heterocycles. The molecular weight excluding hydrogens is 257 g/mol. The molecule has 0 aliphatic carbocycles. The Balaban J connectivity index is 2.08. The van der Waals surface area contributed by atoms with Gasteiger partial charge in [0, 0.05) is 22.7 Å². The first-order valence-electron chi connectivity index (χ1n) is 6.17. The summed E-state index contributed by atoms with van der Waals surface area (Å²) in [4.78, 5) is 4.24. The van der Waals surface area contributed by atoms with Gasteiger partial charge in [-0.3, -0.25) is 4.98 Å². The maximum absolute atomic E-state index is 13.3. The van der Waals surface area contributed by atoms with Crippen molar-refractivity contribution in [3.63, 3.8) is 0 Å². The second-order valence-electron chi connectivity index (χ2n) is 4.54. The maximum Gasteiger partial charge on any atom is 0.165 e. The van der Waals surface area contributed by atoms with Crippen molar-refractivity contribution in [3.8, 4) is 5.75 Å². The minimum atomic E-state index is -1.12. The van der Waals surface area contributed by atoms with E-state index >= 15 is 0 Å². The average molecular weight is 269 g/mol. The quantitative estimate of drug-likeness (QED) is 0.751. The molecule has 0 aliphatic heterocycles. The van der Waals surface area contributed by atoms with E-state index in [1.807, 2.05) is 24.3 Å². The number of nitrogens with zero attached hydrogens (tertiary/aromatic N) is 1. The van der Waals surface area contributed by atoms with E-state index < -0.39 is 17.7 Å². The van der Waals surface area contributed by atoms with E-state index in [0.717, 1.165) is 17.0 Å². The molecule has 20 heavy (non-hydrogen) atoms. The summed E-state index contributed by atoms with van der Waals surface area (Å²) >= 11 is 0. The van der Waals surface area contributed by atoms with Crippen LogP contribution in [0.1, 0.15) is 17.2 Å². The van der Waals surface area contributed by atoms with Crippen LogP contribution in [0, 0.1) is 5.82 Å². The van der Waals surface area contributed by atoms with E-state index in [1.54, 1.807) is 6.07 Å². The number of aliphatic hydroxyl groups excluding tert-OH is 1. The molecule has 3 nitrogen and oxygen atoms in total. The minimum Gasteiger partial charge on any atom is -0.505 e. The van der Waals surface area contributed by atoms with Crippen LogP contribution in [0.5, 0.6) is 5.75 Å². The van der Waals surface area contributed by atoms with Crippen molar-refractivity contribution in [3.05, 3.63) is 71.7 Å². The number of fused-ring (bicyclic) bond motifs is 1. The molecule has 2 N–H and O–H groups in total. The summed E-state index contributed by atoms with van der Waals surface area (Å²) in [5.74, 6) is -1.29. The van der Waals surface area contributed by atoms with E-state index in [0.29, 0.717) is 5.56 Å². The lowest BCUT2D eigenvalue weighted by atomic mass is 10.0. The third kappa shape index (κ3) is 2.10.